The normalized spacial score (nSPS) is 13.7. The fourth-order valence-corrected chi connectivity index (χ4v) is 1.76. The van der Waals surface area contributed by atoms with Crippen LogP contribution < -0.4 is 11.5 Å². The molecule has 0 saturated heterocycles. The monoisotopic (exact) mass is 265 g/mol. The Hall–Kier alpha value is -1.22. The minimum atomic E-state index is 0.699. The summed E-state index contributed by atoms with van der Waals surface area (Å²) < 4.78 is 0. The third kappa shape index (κ3) is 11.6. The van der Waals surface area contributed by atoms with E-state index >= 15 is 0 Å². The smallest absolute Gasteiger partial charge is 0.0331 e. The molecule has 0 heterocycles. The predicted molar refractivity (Wildman–Crippen MR) is 85.6 cm³/mol. The van der Waals surface area contributed by atoms with Crippen molar-refractivity contribution in [3.63, 3.8) is 0 Å². The third-order valence-electron chi connectivity index (χ3n) is 2.84. The lowest BCUT2D eigenvalue weighted by Crippen LogP contribution is -2.26. The van der Waals surface area contributed by atoms with Gasteiger partial charge in [-0.15, -0.1) is 0 Å². The highest BCUT2D eigenvalue weighted by atomic mass is 15.1. The molecule has 0 saturated carbocycles. The van der Waals surface area contributed by atoms with Crippen LogP contribution in [0.15, 0.2) is 35.7 Å². The summed E-state index contributed by atoms with van der Waals surface area (Å²) >= 11 is 0. The summed E-state index contributed by atoms with van der Waals surface area (Å²) in [5.41, 5.74) is 12.8. The van der Waals surface area contributed by atoms with Crippen molar-refractivity contribution in [3.8, 4) is 0 Å². The summed E-state index contributed by atoms with van der Waals surface area (Å²) in [6.07, 6.45) is 12.9. The Labute approximate surface area is 119 Å². The second kappa shape index (κ2) is 11.8. The maximum Gasteiger partial charge on any atom is 0.0331 e. The number of nitrogens with two attached hydrogens (primary N) is 2. The molecule has 0 bridgehead atoms. The highest BCUT2D eigenvalue weighted by Gasteiger charge is 2.00. The van der Waals surface area contributed by atoms with E-state index in [1.165, 1.54) is 38.8 Å². The SMILES string of the molecule is CCCCN(C\C=C/C=C(N)\C=C(/C)N)CCCC. The Balaban J connectivity index is 4.17. The van der Waals surface area contributed by atoms with Crippen molar-refractivity contribution in [2.24, 2.45) is 11.5 Å². The first kappa shape index (κ1) is 17.8. The number of hydrogen-bond donors (Lipinski definition) is 2. The van der Waals surface area contributed by atoms with Crippen LogP contribution in [0.25, 0.3) is 0 Å². The van der Waals surface area contributed by atoms with E-state index in [9.17, 15) is 0 Å². The quantitative estimate of drug-likeness (QED) is 0.597. The molecule has 3 nitrogen and oxygen atoms in total. The molecule has 0 aromatic carbocycles. The lowest BCUT2D eigenvalue weighted by atomic mass is 10.2. The van der Waals surface area contributed by atoms with E-state index in [1.54, 1.807) is 6.08 Å². The first-order chi connectivity index (χ1) is 9.10. The van der Waals surface area contributed by atoms with E-state index in [-0.39, 0.29) is 0 Å². The number of nitrogens with zero attached hydrogens (tertiary/aromatic N) is 1. The Bertz CT molecular complexity index is 291. The molecule has 110 valence electrons. The summed E-state index contributed by atoms with van der Waals surface area (Å²) in [7, 11) is 0. The zero-order valence-electron chi connectivity index (χ0n) is 12.9. The highest BCUT2D eigenvalue weighted by Crippen LogP contribution is 2.00. The molecule has 19 heavy (non-hydrogen) atoms. The third-order valence-corrected chi connectivity index (χ3v) is 2.84. The van der Waals surface area contributed by atoms with Gasteiger partial charge in [-0.05, 0) is 45.0 Å². The number of unbranched alkanes of at least 4 members (excludes halogenated alkanes) is 2. The molecule has 0 spiro atoms. The van der Waals surface area contributed by atoms with E-state index in [0.717, 1.165) is 12.2 Å². The number of hydrogen-bond acceptors (Lipinski definition) is 3. The van der Waals surface area contributed by atoms with Gasteiger partial charge in [0, 0.05) is 17.9 Å². The fraction of sp³-hybridized carbons (Fsp3) is 0.625. The van der Waals surface area contributed by atoms with Gasteiger partial charge in [0.25, 0.3) is 0 Å². The number of rotatable bonds is 10. The maximum atomic E-state index is 5.79. The van der Waals surface area contributed by atoms with Crippen LogP contribution in [-0.4, -0.2) is 24.5 Å². The molecule has 0 fully saturated rings. The lowest BCUT2D eigenvalue weighted by Gasteiger charge is -2.19. The van der Waals surface area contributed by atoms with E-state index in [1.807, 2.05) is 19.1 Å². The largest absolute Gasteiger partial charge is 0.402 e. The summed E-state index contributed by atoms with van der Waals surface area (Å²) in [6, 6.07) is 0. The first-order valence-corrected chi connectivity index (χ1v) is 7.38. The van der Waals surface area contributed by atoms with Crippen molar-refractivity contribution < 1.29 is 0 Å². The van der Waals surface area contributed by atoms with Gasteiger partial charge in [-0.25, -0.2) is 0 Å². The van der Waals surface area contributed by atoms with Gasteiger partial charge >= 0.3 is 0 Å². The van der Waals surface area contributed by atoms with Crippen LogP contribution in [0.2, 0.25) is 0 Å². The summed E-state index contributed by atoms with van der Waals surface area (Å²) in [6.45, 7) is 9.66. The lowest BCUT2D eigenvalue weighted by molar-refractivity contribution is 0.292. The van der Waals surface area contributed by atoms with Gasteiger partial charge in [0.05, 0.1) is 0 Å². The van der Waals surface area contributed by atoms with Crippen molar-refractivity contribution in [1.29, 1.82) is 0 Å². The molecule has 4 N–H and O–H groups in total. The molecular weight excluding hydrogens is 234 g/mol. The van der Waals surface area contributed by atoms with Gasteiger partial charge in [0.15, 0.2) is 0 Å². The fourth-order valence-electron chi connectivity index (χ4n) is 1.76. The van der Waals surface area contributed by atoms with Gasteiger partial charge < -0.3 is 11.5 Å². The molecule has 0 aliphatic carbocycles. The molecule has 0 unspecified atom stereocenters. The minimum Gasteiger partial charge on any atom is -0.402 e. The first-order valence-electron chi connectivity index (χ1n) is 7.38. The van der Waals surface area contributed by atoms with Crippen LogP contribution in [0.4, 0.5) is 0 Å². The van der Waals surface area contributed by atoms with E-state index in [2.05, 4.69) is 24.8 Å². The average molecular weight is 265 g/mol. The van der Waals surface area contributed by atoms with E-state index in [0.29, 0.717) is 5.70 Å². The van der Waals surface area contributed by atoms with E-state index < -0.39 is 0 Å². The molecule has 0 amide bonds. The summed E-state index contributed by atoms with van der Waals surface area (Å²) in [5.74, 6) is 0. The molecule has 0 radical (unpaired) electrons. The van der Waals surface area contributed by atoms with Crippen LogP contribution in [0.5, 0.6) is 0 Å². The summed E-state index contributed by atoms with van der Waals surface area (Å²) in [4.78, 5) is 2.50. The second-order valence-corrected chi connectivity index (χ2v) is 4.99. The van der Waals surface area contributed by atoms with Gasteiger partial charge in [-0.3, -0.25) is 4.90 Å². The standard InChI is InChI=1S/C16H31N3/c1-4-6-11-19(12-7-5-2)13-9-8-10-16(18)14-15(3)17/h8-10,14H,4-7,11-13,17-18H2,1-3H3/b9-8-,15-14+,16-10+. The van der Waals surface area contributed by atoms with Crippen molar-refractivity contribution in [2.45, 2.75) is 46.5 Å². The molecule has 0 aliphatic rings. The van der Waals surface area contributed by atoms with Gasteiger partial charge in [-0.1, -0.05) is 38.8 Å². The van der Waals surface area contributed by atoms with Crippen LogP contribution in [0, 0.1) is 0 Å². The summed E-state index contributed by atoms with van der Waals surface area (Å²) in [5, 5.41) is 0. The van der Waals surface area contributed by atoms with Crippen LogP contribution >= 0.6 is 0 Å². The zero-order chi connectivity index (χ0) is 14.5. The maximum absolute atomic E-state index is 5.79. The molecular formula is C16H31N3. The van der Waals surface area contributed by atoms with Crippen molar-refractivity contribution in [2.75, 3.05) is 19.6 Å². The number of allylic oxidation sites excluding steroid dienone is 4. The highest BCUT2D eigenvalue weighted by molar-refractivity contribution is 5.22. The van der Waals surface area contributed by atoms with Crippen molar-refractivity contribution in [1.82, 2.24) is 4.90 Å². The molecule has 0 aromatic rings. The topological polar surface area (TPSA) is 55.3 Å². The molecule has 0 aromatic heterocycles. The molecule has 0 aliphatic heterocycles. The molecule has 3 heteroatoms. The zero-order valence-corrected chi connectivity index (χ0v) is 12.9. The average Bonchev–Trinajstić information content (AvgIpc) is 2.35. The van der Waals surface area contributed by atoms with Gasteiger partial charge in [-0.2, -0.15) is 0 Å². The predicted octanol–water partition coefficient (Wildman–Crippen LogP) is 3.15. The van der Waals surface area contributed by atoms with E-state index in [4.69, 9.17) is 11.5 Å². The Morgan fingerprint density at radius 1 is 1.05 bits per heavy atom. The Morgan fingerprint density at radius 3 is 2.11 bits per heavy atom. The van der Waals surface area contributed by atoms with Gasteiger partial charge in [0.2, 0.25) is 0 Å². The minimum absolute atomic E-state index is 0.699. The van der Waals surface area contributed by atoms with Gasteiger partial charge in [0.1, 0.15) is 0 Å². The Morgan fingerprint density at radius 2 is 1.63 bits per heavy atom. The van der Waals surface area contributed by atoms with Crippen molar-refractivity contribution >= 4 is 0 Å². The van der Waals surface area contributed by atoms with Crippen LogP contribution in [-0.2, 0) is 0 Å². The van der Waals surface area contributed by atoms with Crippen molar-refractivity contribution in [3.05, 3.63) is 35.7 Å². The molecule has 0 atom stereocenters. The van der Waals surface area contributed by atoms with Crippen LogP contribution in [0.1, 0.15) is 46.5 Å². The molecule has 0 rings (SSSR count). The Kier molecular flexibility index (Phi) is 11.1. The van der Waals surface area contributed by atoms with Crippen LogP contribution in [0.3, 0.4) is 0 Å². The second-order valence-electron chi connectivity index (χ2n) is 4.99.